The number of hydrogen-bond donors (Lipinski definition) is 1. The predicted molar refractivity (Wildman–Crippen MR) is 81.2 cm³/mol. The van der Waals surface area contributed by atoms with Gasteiger partial charge in [-0.2, -0.15) is 0 Å². The standard InChI is InChI=1S/C13H12ClN3O4S/c1-7-16-17-13(21-7)22-6-11(18)15-8-3-4-10(14)9(5-8)12(19)20-2/h3-5H,6H2,1-2H3,(H,15,18). The fraction of sp³-hybridized carbons (Fsp3) is 0.231. The van der Waals surface area contributed by atoms with E-state index >= 15 is 0 Å². The van der Waals surface area contributed by atoms with Crippen molar-refractivity contribution in [3.63, 3.8) is 0 Å². The Kier molecular flexibility index (Phi) is 5.40. The van der Waals surface area contributed by atoms with Crippen LogP contribution in [0.15, 0.2) is 27.8 Å². The number of ether oxygens (including phenoxy) is 1. The van der Waals surface area contributed by atoms with E-state index in [0.717, 1.165) is 11.8 Å². The number of nitrogens with one attached hydrogen (secondary N) is 1. The topological polar surface area (TPSA) is 94.3 Å². The second kappa shape index (κ2) is 7.28. The number of carbonyl (C=O) groups excluding carboxylic acids is 2. The lowest BCUT2D eigenvalue weighted by Gasteiger charge is -2.07. The van der Waals surface area contributed by atoms with Gasteiger partial charge in [0.05, 0.1) is 23.4 Å². The Bertz CT molecular complexity index is 704. The highest BCUT2D eigenvalue weighted by Crippen LogP contribution is 2.22. The van der Waals surface area contributed by atoms with E-state index in [4.69, 9.17) is 16.0 Å². The second-order valence-corrected chi connectivity index (χ2v) is 5.44. The minimum atomic E-state index is -0.572. The van der Waals surface area contributed by atoms with Crippen molar-refractivity contribution in [2.75, 3.05) is 18.2 Å². The number of aryl methyl sites for hydroxylation is 1. The zero-order valence-corrected chi connectivity index (χ0v) is 13.3. The van der Waals surface area contributed by atoms with Crippen molar-refractivity contribution in [2.45, 2.75) is 12.1 Å². The number of benzene rings is 1. The summed E-state index contributed by atoms with van der Waals surface area (Å²) in [6.45, 7) is 1.67. The van der Waals surface area contributed by atoms with Crippen LogP contribution >= 0.6 is 23.4 Å². The molecule has 2 aromatic rings. The van der Waals surface area contributed by atoms with Crippen molar-refractivity contribution in [1.29, 1.82) is 0 Å². The lowest BCUT2D eigenvalue weighted by atomic mass is 10.2. The molecule has 22 heavy (non-hydrogen) atoms. The summed E-state index contributed by atoms with van der Waals surface area (Å²) in [7, 11) is 1.26. The summed E-state index contributed by atoms with van der Waals surface area (Å²) in [5.74, 6) is -0.322. The Labute approximate surface area is 135 Å². The Morgan fingerprint density at radius 3 is 2.82 bits per heavy atom. The molecule has 0 aliphatic heterocycles. The first-order chi connectivity index (χ1) is 10.5. The van der Waals surface area contributed by atoms with E-state index < -0.39 is 5.97 Å². The minimum Gasteiger partial charge on any atom is -0.465 e. The van der Waals surface area contributed by atoms with Crippen LogP contribution in [0.2, 0.25) is 5.02 Å². The van der Waals surface area contributed by atoms with Gasteiger partial charge in [-0.3, -0.25) is 4.79 Å². The molecular formula is C13H12ClN3O4S. The first kappa shape index (κ1) is 16.3. The largest absolute Gasteiger partial charge is 0.465 e. The van der Waals surface area contributed by atoms with Crippen molar-refractivity contribution >= 4 is 40.9 Å². The smallest absolute Gasteiger partial charge is 0.339 e. The van der Waals surface area contributed by atoms with Gasteiger partial charge in [-0.05, 0) is 18.2 Å². The summed E-state index contributed by atoms with van der Waals surface area (Å²) in [5, 5.41) is 10.7. The highest BCUT2D eigenvalue weighted by molar-refractivity contribution is 7.99. The SMILES string of the molecule is COC(=O)c1cc(NC(=O)CSc2nnc(C)o2)ccc1Cl. The number of aromatic nitrogens is 2. The Balaban J connectivity index is 1.98. The molecule has 1 aromatic carbocycles. The van der Waals surface area contributed by atoms with E-state index in [1.54, 1.807) is 13.0 Å². The third-order valence-electron chi connectivity index (χ3n) is 2.49. The number of carbonyl (C=O) groups is 2. The van der Waals surface area contributed by atoms with Gasteiger partial charge in [0, 0.05) is 12.6 Å². The number of thioether (sulfide) groups is 1. The third-order valence-corrected chi connectivity index (χ3v) is 3.64. The molecule has 1 aromatic heterocycles. The molecule has 1 N–H and O–H groups in total. The van der Waals surface area contributed by atoms with Gasteiger partial charge in [0.1, 0.15) is 0 Å². The summed E-state index contributed by atoms with van der Waals surface area (Å²) in [5.41, 5.74) is 0.624. The number of amides is 1. The summed E-state index contributed by atoms with van der Waals surface area (Å²) in [4.78, 5) is 23.4. The van der Waals surface area contributed by atoms with Crippen LogP contribution in [0.25, 0.3) is 0 Å². The van der Waals surface area contributed by atoms with Gasteiger partial charge in [-0.1, -0.05) is 23.4 Å². The molecule has 0 aliphatic carbocycles. The van der Waals surface area contributed by atoms with Crippen LogP contribution in [0.1, 0.15) is 16.2 Å². The van der Waals surface area contributed by atoms with Crippen molar-refractivity contribution in [1.82, 2.24) is 10.2 Å². The van der Waals surface area contributed by atoms with Crippen LogP contribution in [0.3, 0.4) is 0 Å². The molecule has 116 valence electrons. The van der Waals surface area contributed by atoms with Gasteiger partial charge in [-0.15, -0.1) is 10.2 Å². The zero-order chi connectivity index (χ0) is 16.1. The van der Waals surface area contributed by atoms with E-state index in [0.29, 0.717) is 16.8 Å². The van der Waals surface area contributed by atoms with Crippen LogP contribution in [-0.2, 0) is 9.53 Å². The van der Waals surface area contributed by atoms with E-state index in [1.165, 1.54) is 19.2 Å². The maximum atomic E-state index is 11.9. The maximum Gasteiger partial charge on any atom is 0.339 e. The summed E-state index contributed by atoms with van der Waals surface area (Å²) in [6, 6.07) is 4.56. The van der Waals surface area contributed by atoms with Gasteiger partial charge < -0.3 is 14.5 Å². The number of hydrogen-bond acceptors (Lipinski definition) is 7. The molecule has 0 aliphatic rings. The first-order valence-electron chi connectivity index (χ1n) is 6.10. The molecule has 1 amide bonds. The number of anilines is 1. The highest BCUT2D eigenvalue weighted by Gasteiger charge is 2.13. The second-order valence-electron chi connectivity index (χ2n) is 4.11. The molecule has 0 bridgehead atoms. The van der Waals surface area contributed by atoms with Crippen LogP contribution in [-0.4, -0.2) is 34.9 Å². The maximum absolute atomic E-state index is 11.9. The van der Waals surface area contributed by atoms with Crippen LogP contribution in [0.4, 0.5) is 5.69 Å². The van der Waals surface area contributed by atoms with Gasteiger partial charge >= 0.3 is 5.97 Å². The van der Waals surface area contributed by atoms with Gasteiger partial charge in [-0.25, -0.2) is 4.79 Å². The van der Waals surface area contributed by atoms with Crippen LogP contribution in [0, 0.1) is 6.92 Å². The summed E-state index contributed by atoms with van der Waals surface area (Å²) < 4.78 is 9.76. The summed E-state index contributed by atoms with van der Waals surface area (Å²) >= 11 is 7.02. The Morgan fingerprint density at radius 2 is 2.18 bits per heavy atom. The average Bonchev–Trinajstić information content (AvgIpc) is 2.92. The Morgan fingerprint density at radius 1 is 1.41 bits per heavy atom. The molecule has 0 radical (unpaired) electrons. The number of methoxy groups -OCH3 is 1. The quantitative estimate of drug-likeness (QED) is 0.659. The monoisotopic (exact) mass is 341 g/mol. The van der Waals surface area contributed by atoms with Crippen LogP contribution < -0.4 is 5.32 Å². The highest BCUT2D eigenvalue weighted by atomic mass is 35.5. The minimum absolute atomic E-state index is 0.0951. The van der Waals surface area contributed by atoms with Gasteiger partial charge in [0.2, 0.25) is 11.8 Å². The van der Waals surface area contributed by atoms with Crippen molar-refractivity contribution < 1.29 is 18.7 Å². The molecule has 2 rings (SSSR count). The molecule has 9 heteroatoms. The predicted octanol–water partition coefficient (Wildman–Crippen LogP) is 2.55. The molecule has 0 unspecified atom stereocenters. The first-order valence-corrected chi connectivity index (χ1v) is 7.46. The van der Waals surface area contributed by atoms with Gasteiger partial charge in [0.25, 0.3) is 5.22 Å². The zero-order valence-electron chi connectivity index (χ0n) is 11.8. The molecule has 0 spiro atoms. The molecule has 1 heterocycles. The van der Waals surface area contributed by atoms with Crippen molar-refractivity contribution in [3.05, 3.63) is 34.7 Å². The molecule has 7 nitrogen and oxygen atoms in total. The van der Waals surface area contributed by atoms with E-state index in [1.807, 2.05) is 0 Å². The molecular weight excluding hydrogens is 330 g/mol. The molecule has 0 atom stereocenters. The van der Waals surface area contributed by atoms with Crippen molar-refractivity contribution in [3.8, 4) is 0 Å². The molecule has 0 fully saturated rings. The average molecular weight is 342 g/mol. The Hall–Kier alpha value is -2.06. The number of rotatable bonds is 5. The fourth-order valence-electron chi connectivity index (χ4n) is 1.53. The summed E-state index contributed by atoms with van der Waals surface area (Å²) in [6.07, 6.45) is 0. The number of halogens is 1. The number of nitrogens with zero attached hydrogens (tertiary/aromatic N) is 2. The van der Waals surface area contributed by atoms with Crippen molar-refractivity contribution in [2.24, 2.45) is 0 Å². The van der Waals surface area contributed by atoms with E-state index in [2.05, 4.69) is 20.3 Å². The van der Waals surface area contributed by atoms with Gasteiger partial charge in [0.15, 0.2) is 0 Å². The molecule has 0 saturated carbocycles. The van der Waals surface area contributed by atoms with E-state index in [-0.39, 0.29) is 22.2 Å². The van der Waals surface area contributed by atoms with E-state index in [9.17, 15) is 9.59 Å². The molecule has 0 saturated heterocycles. The lowest BCUT2D eigenvalue weighted by Crippen LogP contribution is -2.14. The number of esters is 1. The van der Waals surface area contributed by atoms with Crippen LogP contribution in [0.5, 0.6) is 0 Å². The normalized spacial score (nSPS) is 10.3. The third kappa shape index (κ3) is 4.22. The fourth-order valence-corrected chi connectivity index (χ4v) is 2.33. The lowest BCUT2D eigenvalue weighted by molar-refractivity contribution is -0.113.